The molecular weight excluding hydrogens is 328 g/mol. The monoisotopic (exact) mass is 344 g/mol. The lowest BCUT2D eigenvalue weighted by atomic mass is 10.3. The zero-order chi connectivity index (χ0) is 14.9. The van der Waals surface area contributed by atoms with Gasteiger partial charge in [0.25, 0.3) is 10.0 Å². The number of nitrogens with zero attached hydrogens (tertiary/aromatic N) is 2. The first-order valence-electron chi connectivity index (χ1n) is 6.68. The highest BCUT2D eigenvalue weighted by Crippen LogP contribution is 2.26. The fraction of sp³-hybridized carbons (Fsp3) is 0.500. The summed E-state index contributed by atoms with van der Waals surface area (Å²) in [6.45, 7) is 2.68. The summed E-state index contributed by atoms with van der Waals surface area (Å²) in [5.74, 6) is 0. The molecule has 0 bridgehead atoms. The van der Waals surface area contributed by atoms with Crippen LogP contribution >= 0.6 is 22.7 Å². The van der Waals surface area contributed by atoms with Crippen LogP contribution in [0.5, 0.6) is 0 Å². The second kappa shape index (κ2) is 5.99. The Balaban J connectivity index is 1.62. The van der Waals surface area contributed by atoms with Crippen molar-refractivity contribution in [1.29, 1.82) is 0 Å². The lowest BCUT2D eigenvalue weighted by Gasteiger charge is -2.01. The molecular formula is C12H16N4O2S3. The van der Waals surface area contributed by atoms with Crippen LogP contribution < -0.4 is 10.0 Å². The molecule has 2 N–H and O–H groups in total. The molecule has 6 nitrogen and oxygen atoms in total. The number of aryl methyl sites for hydroxylation is 1. The normalized spacial score (nSPS) is 15.3. The molecule has 0 aromatic carbocycles. The van der Waals surface area contributed by atoms with Gasteiger partial charge in [-0.05, 0) is 38.3 Å². The van der Waals surface area contributed by atoms with E-state index in [0.29, 0.717) is 15.4 Å². The van der Waals surface area contributed by atoms with Crippen LogP contribution in [-0.2, 0) is 16.4 Å². The second-order valence-electron chi connectivity index (χ2n) is 4.93. The van der Waals surface area contributed by atoms with E-state index in [4.69, 9.17) is 0 Å². The zero-order valence-electron chi connectivity index (χ0n) is 11.5. The number of hydrogen-bond donors (Lipinski definition) is 2. The molecule has 1 fully saturated rings. The molecule has 0 amide bonds. The Morgan fingerprint density at radius 1 is 1.29 bits per heavy atom. The molecule has 0 radical (unpaired) electrons. The molecule has 0 unspecified atom stereocenters. The minimum Gasteiger partial charge on any atom is -0.314 e. The van der Waals surface area contributed by atoms with E-state index in [1.54, 1.807) is 13.0 Å². The quantitative estimate of drug-likeness (QED) is 0.802. The largest absolute Gasteiger partial charge is 0.314 e. The van der Waals surface area contributed by atoms with E-state index in [9.17, 15) is 8.42 Å². The van der Waals surface area contributed by atoms with Crippen LogP contribution in [0.25, 0.3) is 0 Å². The van der Waals surface area contributed by atoms with Crippen LogP contribution in [0.3, 0.4) is 0 Å². The SMILES string of the molecule is Cc1nnc(NS(=O)(=O)c2ccc(CCNC3CC3)s2)s1. The average molecular weight is 344 g/mol. The summed E-state index contributed by atoms with van der Waals surface area (Å²) in [6, 6.07) is 4.20. The lowest BCUT2D eigenvalue weighted by Crippen LogP contribution is -2.18. The molecule has 0 saturated heterocycles. The molecule has 3 rings (SSSR count). The minimum atomic E-state index is -3.55. The first-order chi connectivity index (χ1) is 10.0. The number of anilines is 1. The van der Waals surface area contributed by atoms with Gasteiger partial charge in [-0.25, -0.2) is 8.42 Å². The van der Waals surface area contributed by atoms with Gasteiger partial charge in [-0.3, -0.25) is 4.72 Å². The Kier molecular flexibility index (Phi) is 4.25. The molecule has 21 heavy (non-hydrogen) atoms. The van der Waals surface area contributed by atoms with Crippen molar-refractivity contribution in [3.63, 3.8) is 0 Å². The Labute approximate surface area is 131 Å². The van der Waals surface area contributed by atoms with E-state index in [1.807, 2.05) is 6.07 Å². The van der Waals surface area contributed by atoms with Crippen LogP contribution in [0.2, 0.25) is 0 Å². The van der Waals surface area contributed by atoms with Gasteiger partial charge in [0, 0.05) is 17.5 Å². The van der Waals surface area contributed by atoms with E-state index in [-0.39, 0.29) is 0 Å². The van der Waals surface area contributed by atoms with E-state index >= 15 is 0 Å². The minimum absolute atomic E-state index is 0.304. The van der Waals surface area contributed by atoms with Crippen molar-refractivity contribution >= 4 is 37.8 Å². The highest BCUT2D eigenvalue weighted by molar-refractivity contribution is 7.94. The van der Waals surface area contributed by atoms with Gasteiger partial charge in [-0.2, -0.15) is 0 Å². The molecule has 1 aliphatic carbocycles. The lowest BCUT2D eigenvalue weighted by molar-refractivity contribution is 0.603. The second-order valence-corrected chi connectivity index (χ2v) is 9.19. The maximum absolute atomic E-state index is 12.2. The molecule has 1 saturated carbocycles. The van der Waals surface area contributed by atoms with Crippen LogP contribution in [0, 0.1) is 6.92 Å². The third-order valence-electron chi connectivity index (χ3n) is 3.03. The first-order valence-corrected chi connectivity index (χ1v) is 9.79. The van der Waals surface area contributed by atoms with Crippen molar-refractivity contribution in [2.75, 3.05) is 11.3 Å². The predicted molar refractivity (Wildman–Crippen MR) is 84.5 cm³/mol. The Morgan fingerprint density at radius 2 is 2.10 bits per heavy atom. The standard InChI is InChI=1S/C12H16N4O2S3/c1-8-14-15-12(19-8)16-21(17,18)11-5-4-10(20-11)6-7-13-9-2-3-9/h4-5,9,13H,2-3,6-7H2,1H3,(H,15,16). The van der Waals surface area contributed by atoms with Crippen molar-refractivity contribution in [3.8, 4) is 0 Å². The van der Waals surface area contributed by atoms with Gasteiger partial charge < -0.3 is 5.32 Å². The van der Waals surface area contributed by atoms with Gasteiger partial charge in [-0.1, -0.05) is 11.3 Å². The van der Waals surface area contributed by atoms with E-state index in [0.717, 1.165) is 22.9 Å². The van der Waals surface area contributed by atoms with Gasteiger partial charge in [-0.15, -0.1) is 21.5 Å². The third kappa shape index (κ3) is 4.00. The van der Waals surface area contributed by atoms with E-state index in [1.165, 1.54) is 35.5 Å². The van der Waals surface area contributed by atoms with Crippen molar-refractivity contribution < 1.29 is 8.42 Å². The van der Waals surface area contributed by atoms with Crippen molar-refractivity contribution in [3.05, 3.63) is 22.0 Å². The molecule has 0 atom stereocenters. The summed E-state index contributed by atoms with van der Waals surface area (Å²) in [5.41, 5.74) is 0. The van der Waals surface area contributed by atoms with E-state index < -0.39 is 10.0 Å². The van der Waals surface area contributed by atoms with Gasteiger partial charge >= 0.3 is 0 Å². The number of aromatic nitrogens is 2. The van der Waals surface area contributed by atoms with Crippen LogP contribution in [-0.4, -0.2) is 31.2 Å². The molecule has 9 heteroatoms. The predicted octanol–water partition coefficient (Wildman–Crippen LogP) is 2.00. The molecule has 2 aromatic rings. The highest BCUT2D eigenvalue weighted by Gasteiger charge is 2.21. The summed E-state index contributed by atoms with van der Waals surface area (Å²) in [7, 11) is -3.55. The van der Waals surface area contributed by atoms with Gasteiger partial charge in [0.15, 0.2) is 0 Å². The number of sulfonamides is 1. The summed E-state index contributed by atoms with van der Waals surface area (Å²) >= 11 is 2.53. The van der Waals surface area contributed by atoms with Crippen LogP contribution in [0.4, 0.5) is 5.13 Å². The van der Waals surface area contributed by atoms with Crippen LogP contribution in [0.15, 0.2) is 16.3 Å². The molecule has 1 aliphatic rings. The van der Waals surface area contributed by atoms with Gasteiger partial charge in [0.1, 0.15) is 9.22 Å². The van der Waals surface area contributed by atoms with Crippen LogP contribution in [0.1, 0.15) is 22.7 Å². The summed E-state index contributed by atoms with van der Waals surface area (Å²) in [6.07, 6.45) is 3.37. The Bertz CT molecular complexity index is 718. The smallest absolute Gasteiger partial charge is 0.273 e. The average Bonchev–Trinajstić information content (AvgIpc) is 2.94. The Hall–Kier alpha value is -1.03. The first kappa shape index (κ1) is 14.9. The number of nitrogens with one attached hydrogen (secondary N) is 2. The van der Waals surface area contributed by atoms with Gasteiger partial charge in [0.2, 0.25) is 5.13 Å². The third-order valence-corrected chi connectivity index (χ3v) is 6.89. The topological polar surface area (TPSA) is 84.0 Å². The summed E-state index contributed by atoms with van der Waals surface area (Å²) < 4.78 is 27.3. The Morgan fingerprint density at radius 3 is 2.76 bits per heavy atom. The molecule has 114 valence electrons. The highest BCUT2D eigenvalue weighted by atomic mass is 32.2. The molecule has 0 aliphatic heterocycles. The summed E-state index contributed by atoms with van der Waals surface area (Å²) in [4.78, 5) is 1.07. The number of rotatable bonds is 7. The summed E-state index contributed by atoms with van der Waals surface area (Å²) in [5, 5.41) is 12.0. The van der Waals surface area contributed by atoms with Crippen molar-refractivity contribution in [2.24, 2.45) is 0 Å². The molecule has 2 aromatic heterocycles. The van der Waals surface area contributed by atoms with E-state index in [2.05, 4.69) is 20.2 Å². The van der Waals surface area contributed by atoms with Gasteiger partial charge in [0.05, 0.1) is 0 Å². The van der Waals surface area contributed by atoms with Crippen molar-refractivity contribution in [1.82, 2.24) is 15.5 Å². The fourth-order valence-corrected chi connectivity index (χ4v) is 5.00. The number of thiophene rings is 1. The number of hydrogen-bond acceptors (Lipinski definition) is 7. The maximum Gasteiger partial charge on any atom is 0.273 e. The molecule has 2 heterocycles. The molecule has 0 spiro atoms. The fourth-order valence-electron chi connectivity index (χ4n) is 1.83. The zero-order valence-corrected chi connectivity index (χ0v) is 13.9. The van der Waals surface area contributed by atoms with Crippen molar-refractivity contribution in [2.45, 2.75) is 36.4 Å². The maximum atomic E-state index is 12.2.